The highest BCUT2D eigenvalue weighted by Crippen LogP contribution is 2.28. The van der Waals surface area contributed by atoms with Crippen molar-refractivity contribution in [2.75, 3.05) is 46.4 Å². The Morgan fingerprint density at radius 2 is 2.04 bits per heavy atom. The standard InChI is InChI=1S/C19H29N3O3/c1-24-16-5-6-17(18(13-16)25-12-8-20)19(23)22-11-7-15(14-22)21-9-3-2-4-10-21/h5-6,13,15H,2-4,7-12,14,20H2,1H3. The zero-order valence-electron chi connectivity index (χ0n) is 15.1. The number of rotatable bonds is 6. The first kappa shape index (κ1) is 18.0. The minimum absolute atomic E-state index is 0.0363. The molecule has 2 fully saturated rings. The van der Waals surface area contributed by atoms with Crippen molar-refractivity contribution in [3.63, 3.8) is 0 Å². The Kier molecular flexibility index (Phi) is 6.15. The Morgan fingerprint density at radius 1 is 1.24 bits per heavy atom. The number of benzene rings is 1. The van der Waals surface area contributed by atoms with Gasteiger partial charge in [-0.3, -0.25) is 9.69 Å². The molecule has 0 bridgehead atoms. The highest BCUT2D eigenvalue weighted by Gasteiger charge is 2.32. The average molecular weight is 347 g/mol. The van der Waals surface area contributed by atoms with Crippen LogP contribution < -0.4 is 15.2 Å². The summed E-state index contributed by atoms with van der Waals surface area (Å²) < 4.78 is 10.9. The summed E-state index contributed by atoms with van der Waals surface area (Å²) in [5.41, 5.74) is 6.13. The minimum atomic E-state index is 0.0363. The fourth-order valence-corrected chi connectivity index (χ4v) is 3.77. The van der Waals surface area contributed by atoms with Crippen LogP contribution >= 0.6 is 0 Å². The van der Waals surface area contributed by atoms with E-state index in [1.165, 1.54) is 32.4 Å². The van der Waals surface area contributed by atoms with Crippen LogP contribution in [0.25, 0.3) is 0 Å². The van der Waals surface area contributed by atoms with Gasteiger partial charge < -0.3 is 20.1 Å². The second-order valence-corrected chi connectivity index (χ2v) is 6.79. The van der Waals surface area contributed by atoms with Crippen LogP contribution in [-0.4, -0.2) is 68.2 Å². The molecule has 2 aliphatic rings. The predicted octanol–water partition coefficient (Wildman–Crippen LogP) is 1.73. The van der Waals surface area contributed by atoms with Crippen LogP contribution in [-0.2, 0) is 0 Å². The van der Waals surface area contributed by atoms with Gasteiger partial charge in [0, 0.05) is 31.7 Å². The maximum absolute atomic E-state index is 13.0. The summed E-state index contributed by atoms with van der Waals surface area (Å²) in [5.74, 6) is 1.27. The van der Waals surface area contributed by atoms with Crippen molar-refractivity contribution >= 4 is 5.91 Å². The van der Waals surface area contributed by atoms with Crippen molar-refractivity contribution in [1.82, 2.24) is 9.80 Å². The summed E-state index contributed by atoms with van der Waals surface area (Å²) in [7, 11) is 1.60. The van der Waals surface area contributed by atoms with E-state index >= 15 is 0 Å². The van der Waals surface area contributed by atoms with Gasteiger partial charge in [0.05, 0.1) is 12.7 Å². The van der Waals surface area contributed by atoms with Crippen molar-refractivity contribution in [2.45, 2.75) is 31.7 Å². The summed E-state index contributed by atoms with van der Waals surface area (Å²) in [6, 6.07) is 5.86. The number of piperidine rings is 1. The number of ether oxygens (including phenoxy) is 2. The molecule has 0 saturated carbocycles. The number of hydrogen-bond acceptors (Lipinski definition) is 5. The molecule has 1 atom stereocenters. The van der Waals surface area contributed by atoms with E-state index in [9.17, 15) is 4.79 Å². The zero-order chi connectivity index (χ0) is 17.6. The van der Waals surface area contributed by atoms with Gasteiger partial charge in [0.15, 0.2) is 0 Å². The van der Waals surface area contributed by atoms with Crippen LogP contribution in [0.5, 0.6) is 11.5 Å². The molecule has 2 saturated heterocycles. The van der Waals surface area contributed by atoms with Crippen LogP contribution in [0.15, 0.2) is 18.2 Å². The largest absolute Gasteiger partial charge is 0.497 e. The molecule has 2 N–H and O–H groups in total. The summed E-state index contributed by atoms with van der Waals surface area (Å²) in [6.45, 7) is 4.74. The third-order valence-electron chi connectivity index (χ3n) is 5.15. The molecule has 6 nitrogen and oxygen atoms in total. The van der Waals surface area contributed by atoms with E-state index in [0.717, 1.165) is 19.5 Å². The lowest BCUT2D eigenvalue weighted by Gasteiger charge is -2.32. The van der Waals surface area contributed by atoms with Crippen LogP contribution in [0.2, 0.25) is 0 Å². The Balaban J connectivity index is 1.69. The van der Waals surface area contributed by atoms with Gasteiger partial charge in [-0.2, -0.15) is 0 Å². The lowest BCUT2D eigenvalue weighted by atomic mass is 10.1. The third-order valence-corrected chi connectivity index (χ3v) is 5.15. The van der Waals surface area contributed by atoms with Gasteiger partial charge in [0.1, 0.15) is 18.1 Å². The number of nitrogens with zero attached hydrogens (tertiary/aromatic N) is 2. The van der Waals surface area contributed by atoms with Gasteiger partial charge in [-0.1, -0.05) is 6.42 Å². The van der Waals surface area contributed by atoms with E-state index in [1.54, 1.807) is 25.3 Å². The molecule has 0 aromatic heterocycles. The molecular weight excluding hydrogens is 318 g/mol. The van der Waals surface area contributed by atoms with Crippen LogP contribution in [0.1, 0.15) is 36.0 Å². The minimum Gasteiger partial charge on any atom is -0.497 e. The van der Waals surface area contributed by atoms with Crippen LogP contribution in [0.3, 0.4) is 0 Å². The topological polar surface area (TPSA) is 68.0 Å². The van der Waals surface area contributed by atoms with E-state index in [4.69, 9.17) is 15.2 Å². The molecule has 3 rings (SSSR count). The van der Waals surface area contributed by atoms with E-state index in [-0.39, 0.29) is 5.91 Å². The molecule has 0 spiro atoms. The number of amides is 1. The van der Waals surface area contributed by atoms with Crippen molar-refractivity contribution in [3.05, 3.63) is 23.8 Å². The van der Waals surface area contributed by atoms with Gasteiger partial charge >= 0.3 is 0 Å². The lowest BCUT2D eigenvalue weighted by molar-refractivity contribution is 0.0767. The fraction of sp³-hybridized carbons (Fsp3) is 0.632. The van der Waals surface area contributed by atoms with Crippen LogP contribution in [0, 0.1) is 0 Å². The Hall–Kier alpha value is -1.79. The smallest absolute Gasteiger partial charge is 0.257 e. The highest BCUT2D eigenvalue weighted by molar-refractivity contribution is 5.97. The third kappa shape index (κ3) is 4.25. The summed E-state index contributed by atoms with van der Waals surface area (Å²) >= 11 is 0. The second kappa shape index (κ2) is 8.54. The number of likely N-dealkylation sites (tertiary alicyclic amines) is 2. The first-order valence-electron chi connectivity index (χ1n) is 9.27. The number of methoxy groups -OCH3 is 1. The van der Waals surface area contributed by atoms with E-state index < -0.39 is 0 Å². The summed E-state index contributed by atoms with van der Waals surface area (Å²) in [4.78, 5) is 17.5. The number of carbonyl (C=O) groups excluding carboxylic acids is 1. The van der Waals surface area contributed by atoms with Crippen molar-refractivity contribution in [2.24, 2.45) is 5.73 Å². The van der Waals surface area contributed by atoms with Crippen molar-refractivity contribution in [3.8, 4) is 11.5 Å². The quantitative estimate of drug-likeness (QED) is 0.849. The second-order valence-electron chi connectivity index (χ2n) is 6.79. The molecule has 1 amide bonds. The Labute approximate surface area is 149 Å². The molecule has 138 valence electrons. The maximum atomic E-state index is 13.0. The van der Waals surface area contributed by atoms with Gasteiger partial charge in [0.2, 0.25) is 0 Å². The zero-order valence-corrected chi connectivity index (χ0v) is 15.1. The number of carbonyl (C=O) groups is 1. The average Bonchev–Trinajstić information content (AvgIpc) is 3.16. The molecule has 1 aromatic rings. The maximum Gasteiger partial charge on any atom is 0.257 e. The highest BCUT2D eigenvalue weighted by atomic mass is 16.5. The Morgan fingerprint density at radius 3 is 2.76 bits per heavy atom. The Bertz CT molecular complexity index is 587. The molecular formula is C19H29N3O3. The van der Waals surface area contributed by atoms with E-state index in [1.807, 2.05) is 4.90 Å². The number of hydrogen-bond donors (Lipinski definition) is 1. The van der Waals surface area contributed by atoms with Gasteiger partial charge in [-0.15, -0.1) is 0 Å². The number of nitrogens with two attached hydrogens (primary N) is 1. The monoisotopic (exact) mass is 347 g/mol. The fourth-order valence-electron chi connectivity index (χ4n) is 3.77. The summed E-state index contributed by atoms with van der Waals surface area (Å²) in [5, 5.41) is 0. The van der Waals surface area contributed by atoms with Gasteiger partial charge in [-0.25, -0.2) is 0 Å². The molecule has 2 aliphatic heterocycles. The molecule has 2 heterocycles. The first-order valence-corrected chi connectivity index (χ1v) is 9.27. The molecule has 1 aromatic carbocycles. The SMILES string of the molecule is COc1ccc(C(=O)N2CCC(N3CCCCC3)C2)c(OCCN)c1. The van der Waals surface area contributed by atoms with E-state index in [2.05, 4.69) is 4.90 Å². The molecule has 25 heavy (non-hydrogen) atoms. The predicted molar refractivity (Wildman–Crippen MR) is 97.3 cm³/mol. The van der Waals surface area contributed by atoms with Crippen LogP contribution in [0.4, 0.5) is 0 Å². The molecule has 1 unspecified atom stereocenters. The van der Waals surface area contributed by atoms with E-state index in [0.29, 0.717) is 36.3 Å². The summed E-state index contributed by atoms with van der Waals surface area (Å²) in [6.07, 6.45) is 4.94. The lowest BCUT2D eigenvalue weighted by Crippen LogP contribution is -2.41. The molecule has 0 aliphatic carbocycles. The van der Waals surface area contributed by atoms with Gasteiger partial charge in [0.25, 0.3) is 5.91 Å². The molecule has 0 radical (unpaired) electrons. The van der Waals surface area contributed by atoms with Crippen molar-refractivity contribution < 1.29 is 14.3 Å². The first-order chi connectivity index (χ1) is 12.2. The van der Waals surface area contributed by atoms with Gasteiger partial charge in [-0.05, 0) is 44.5 Å². The molecule has 6 heteroatoms. The van der Waals surface area contributed by atoms with Crippen molar-refractivity contribution in [1.29, 1.82) is 0 Å². The normalized spacial score (nSPS) is 21.4.